The van der Waals surface area contributed by atoms with Crippen molar-refractivity contribution in [2.24, 2.45) is 0 Å². The fraction of sp³-hybridized carbons (Fsp3) is 0.182. The quantitative estimate of drug-likeness (QED) is 0.723. The molecule has 2 aromatic rings. The zero-order valence-corrected chi connectivity index (χ0v) is 8.94. The molecule has 0 bridgehead atoms. The number of aromatic nitrogens is 1. The Bertz CT molecular complexity index is 530. The molecule has 1 heterocycles. The van der Waals surface area contributed by atoms with Gasteiger partial charge in [-0.2, -0.15) is 0 Å². The molecular weight excluding hydrogens is 194 g/mol. The van der Waals surface area contributed by atoms with Crippen LogP contribution in [0.15, 0.2) is 24.3 Å². The molecule has 0 spiro atoms. The zero-order valence-electron chi connectivity index (χ0n) is 8.13. The van der Waals surface area contributed by atoms with Crippen molar-refractivity contribution in [3.8, 4) is 5.75 Å². The van der Waals surface area contributed by atoms with Crippen molar-refractivity contribution >= 4 is 23.1 Å². The van der Waals surface area contributed by atoms with Gasteiger partial charge in [0, 0.05) is 6.07 Å². The maximum Gasteiger partial charge on any atom is 0.120 e. The van der Waals surface area contributed by atoms with Gasteiger partial charge in [-0.25, -0.2) is 0 Å². The van der Waals surface area contributed by atoms with Crippen LogP contribution in [0.2, 0.25) is 0 Å². The Hall–Kier alpha value is -1.35. The maximum absolute atomic E-state index is 5.16. The predicted molar refractivity (Wildman–Crippen MR) is 60.4 cm³/mol. The molecular formula is C11H11NOS. The number of H-pyrrole nitrogens is 1. The van der Waals surface area contributed by atoms with E-state index >= 15 is 0 Å². The number of benzene rings is 1. The van der Waals surface area contributed by atoms with Crippen LogP contribution in [0.1, 0.15) is 5.56 Å². The number of hydrogen-bond acceptors (Lipinski definition) is 2. The van der Waals surface area contributed by atoms with Crippen LogP contribution < -0.4 is 4.74 Å². The topological polar surface area (TPSA) is 25.0 Å². The number of pyridine rings is 1. The smallest absolute Gasteiger partial charge is 0.120 e. The second kappa shape index (κ2) is 3.42. The molecule has 0 saturated carbocycles. The molecule has 0 aliphatic heterocycles. The molecule has 72 valence electrons. The predicted octanol–water partition coefficient (Wildman–Crippen LogP) is 3.21. The zero-order chi connectivity index (χ0) is 10.1. The summed E-state index contributed by atoms with van der Waals surface area (Å²) < 4.78 is 5.92. The number of methoxy groups -OCH3 is 1. The Balaban J connectivity index is 2.77. The number of ether oxygens (including phenoxy) is 1. The summed E-state index contributed by atoms with van der Waals surface area (Å²) in [5, 5.41) is 1.15. The van der Waals surface area contributed by atoms with Gasteiger partial charge in [0.15, 0.2) is 0 Å². The van der Waals surface area contributed by atoms with Crippen molar-refractivity contribution in [2.75, 3.05) is 7.11 Å². The van der Waals surface area contributed by atoms with E-state index < -0.39 is 0 Å². The summed E-state index contributed by atoms with van der Waals surface area (Å²) in [4.78, 5) is 3.17. The normalized spacial score (nSPS) is 10.4. The van der Waals surface area contributed by atoms with Crippen LogP contribution in [-0.2, 0) is 0 Å². The molecule has 3 heteroatoms. The lowest BCUT2D eigenvalue weighted by Crippen LogP contribution is -1.86. The van der Waals surface area contributed by atoms with Gasteiger partial charge in [0.05, 0.1) is 12.6 Å². The summed E-state index contributed by atoms with van der Waals surface area (Å²) in [6, 6.07) is 7.99. The SMILES string of the molecule is COc1ccc2cc(C)c(=S)[nH]c2c1. The standard InChI is InChI=1S/C11H11NOS/c1-7-5-8-3-4-9(13-2)6-10(8)12-11(7)14/h3-6H,1-2H3,(H,12,14). The summed E-state index contributed by atoms with van der Waals surface area (Å²) in [7, 11) is 1.66. The molecule has 14 heavy (non-hydrogen) atoms. The van der Waals surface area contributed by atoms with E-state index in [2.05, 4.69) is 11.1 Å². The van der Waals surface area contributed by atoms with Gasteiger partial charge in [-0.3, -0.25) is 0 Å². The summed E-state index contributed by atoms with van der Waals surface area (Å²) in [6.45, 7) is 2.00. The van der Waals surface area contributed by atoms with Crippen LogP contribution in [0.3, 0.4) is 0 Å². The van der Waals surface area contributed by atoms with Gasteiger partial charge >= 0.3 is 0 Å². The van der Waals surface area contributed by atoms with Crippen LogP contribution in [0.4, 0.5) is 0 Å². The van der Waals surface area contributed by atoms with Crippen LogP contribution in [-0.4, -0.2) is 12.1 Å². The Morgan fingerprint density at radius 3 is 2.79 bits per heavy atom. The highest BCUT2D eigenvalue weighted by atomic mass is 32.1. The van der Waals surface area contributed by atoms with Crippen LogP contribution in [0.25, 0.3) is 10.9 Å². The van der Waals surface area contributed by atoms with Crippen molar-refractivity contribution in [3.63, 3.8) is 0 Å². The lowest BCUT2D eigenvalue weighted by molar-refractivity contribution is 0.415. The summed E-state index contributed by atoms with van der Waals surface area (Å²) in [6.07, 6.45) is 0. The van der Waals surface area contributed by atoms with E-state index in [-0.39, 0.29) is 0 Å². The van der Waals surface area contributed by atoms with Gasteiger partial charge in [-0.05, 0) is 36.1 Å². The molecule has 0 amide bonds. The minimum atomic E-state index is 0.783. The van der Waals surface area contributed by atoms with Gasteiger partial charge in [0.25, 0.3) is 0 Å². The Kier molecular flexibility index (Phi) is 2.25. The minimum Gasteiger partial charge on any atom is -0.497 e. The second-order valence-corrected chi connectivity index (χ2v) is 3.64. The average Bonchev–Trinajstić information content (AvgIpc) is 2.19. The molecule has 1 N–H and O–H groups in total. The number of rotatable bonds is 1. The third-order valence-electron chi connectivity index (χ3n) is 2.24. The fourth-order valence-electron chi connectivity index (χ4n) is 1.42. The molecule has 0 unspecified atom stereocenters. The number of fused-ring (bicyclic) bond motifs is 1. The van der Waals surface area contributed by atoms with E-state index in [0.29, 0.717) is 0 Å². The van der Waals surface area contributed by atoms with E-state index in [4.69, 9.17) is 17.0 Å². The number of hydrogen-bond donors (Lipinski definition) is 1. The van der Waals surface area contributed by atoms with Crippen molar-refractivity contribution in [1.82, 2.24) is 4.98 Å². The average molecular weight is 205 g/mol. The molecule has 0 atom stereocenters. The van der Waals surface area contributed by atoms with Gasteiger partial charge in [-0.15, -0.1) is 0 Å². The highest BCUT2D eigenvalue weighted by Crippen LogP contribution is 2.19. The van der Waals surface area contributed by atoms with E-state index in [1.54, 1.807) is 7.11 Å². The van der Waals surface area contributed by atoms with E-state index in [9.17, 15) is 0 Å². The van der Waals surface area contributed by atoms with Gasteiger partial charge in [-0.1, -0.05) is 12.2 Å². The summed E-state index contributed by atoms with van der Waals surface area (Å²) >= 11 is 5.16. The van der Waals surface area contributed by atoms with Crippen LogP contribution in [0, 0.1) is 11.6 Å². The van der Waals surface area contributed by atoms with Crippen molar-refractivity contribution in [1.29, 1.82) is 0 Å². The lowest BCUT2D eigenvalue weighted by atomic mass is 10.2. The first-order valence-electron chi connectivity index (χ1n) is 4.38. The van der Waals surface area contributed by atoms with Crippen LogP contribution in [0.5, 0.6) is 5.75 Å². The van der Waals surface area contributed by atoms with E-state index in [1.807, 2.05) is 25.1 Å². The Morgan fingerprint density at radius 2 is 2.07 bits per heavy atom. The first-order valence-corrected chi connectivity index (χ1v) is 4.79. The third kappa shape index (κ3) is 1.51. The molecule has 1 aromatic heterocycles. The van der Waals surface area contributed by atoms with E-state index in [1.165, 1.54) is 0 Å². The molecule has 0 aliphatic carbocycles. The lowest BCUT2D eigenvalue weighted by Gasteiger charge is -2.03. The number of aromatic amines is 1. The first-order chi connectivity index (χ1) is 6.70. The second-order valence-electron chi connectivity index (χ2n) is 3.23. The van der Waals surface area contributed by atoms with E-state index in [0.717, 1.165) is 26.9 Å². The van der Waals surface area contributed by atoms with Gasteiger partial charge < -0.3 is 9.72 Å². The molecule has 0 radical (unpaired) electrons. The maximum atomic E-state index is 5.16. The van der Waals surface area contributed by atoms with Crippen molar-refractivity contribution < 1.29 is 4.74 Å². The molecule has 0 fully saturated rings. The molecule has 2 nitrogen and oxygen atoms in total. The Labute approximate surface area is 87.5 Å². The first kappa shape index (κ1) is 9.21. The summed E-state index contributed by atoms with van der Waals surface area (Å²) in [5.74, 6) is 0.840. The van der Waals surface area contributed by atoms with Crippen molar-refractivity contribution in [3.05, 3.63) is 34.5 Å². The Morgan fingerprint density at radius 1 is 1.29 bits per heavy atom. The highest BCUT2D eigenvalue weighted by molar-refractivity contribution is 7.71. The minimum absolute atomic E-state index is 0.783. The van der Waals surface area contributed by atoms with Crippen LogP contribution >= 0.6 is 12.2 Å². The monoisotopic (exact) mass is 205 g/mol. The number of aryl methyl sites for hydroxylation is 1. The number of nitrogens with one attached hydrogen (secondary N) is 1. The van der Waals surface area contributed by atoms with Gasteiger partial charge in [0.2, 0.25) is 0 Å². The van der Waals surface area contributed by atoms with Gasteiger partial charge in [0.1, 0.15) is 10.4 Å². The molecule has 0 aliphatic rings. The third-order valence-corrected chi connectivity index (χ3v) is 2.66. The highest BCUT2D eigenvalue weighted by Gasteiger charge is 1.98. The summed E-state index contributed by atoms with van der Waals surface area (Å²) in [5.41, 5.74) is 2.11. The largest absolute Gasteiger partial charge is 0.497 e. The molecule has 0 saturated heterocycles. The molecule has 2 rings (SSSR count). The fourth-order valence-corrected chi connectivity index (χ4v) is 1.59. The van der Waals surface area contributed by atoms with Crippen molar-refractivity contribution in [2.45, 2.75) is 6.92 Å². The molecule has 1 aromatic carbocycles.